The van der Waals surface area contributed by atoms with Crippen LogP contribution in [0.15, 0.2) is 89.6 Å². The quantitative estimate of drug-likeness (QED) is 0.271. The molecule has 2 aromatic carbocycles. The normalized spacial score (nSPS) is 10.9. The number of aryl methyl sites for hydroxylation is 2. The van der Waals surface area contributed by atoms with Crippen LogP contribution in [0.3, 0.4) is 0 Å². The van der Waals surface area contributed by atoms with Crippen molar-refractivity contribution in [1.29, 1.82) is 0 Å². The first-order valence-electron chi connectivity index (χ1n) is 12.0. The van der Waals surface area contributed by atoms with E-state index in [0.717, 1.165) is 39.5 Å². The van der Waals surface area contributed by atoms with Crippen LogP contribution in [0.4, 0.5) is 0 Å². The van der Waals surface area contributed by atoms with Gasteiger partial charge < -0.3 is 14.3 Å². The number of pyridine rings is 1. The van der Waals surface area contributed by atoms with Gasteiger partial charge >= 0.3 is 5.97 Å². The second-order valence-corrected chi connectivity index (χ2v) is 8.62. The molecule has 3 heterocycles. The number of rotatable bonds is 10. The number of ether oxygens (including phenoxy) is 1. The topological polar surface area (TPSA) is 103 Å². The summed E-state index contributed by atoms with van der Waals surface area (Å²) in [5.74, 6) is 1.08. The van der Waals surface area contributed by atoms with Crippen LogP contribution in [0.25, 0.3) is 22.7 Å². The van der Waals surface area contributed by atoms with Crippen molar-refractivity contribution in [2.45, 2.75) is 32.9 Å². The third-order valence-corrected chi connectivity index (χ3v) is 5.90. The molecule has 0 amide bonds. The molecule has 0 saturated heterocycles. The van der Waals surface area contributed by atoms with Crippen molar-refractivity contribution in [3.63, 3.8) is 0 Å². The van der Waals surface area contributed by atoms with Crippen LogP contribution < -0.4 is 4.74 Å². The van der Waals surface area contributed by atoms with Gasteiger partial charge in [-0.15, -0.1) is 0 Å². The van der Waals surface area contributed by atoms with Crippen molar-refractivity contribution in [3.8, 4) is 28.5 Å². The third kappa shape index (κ3) is 5.92. The molecule has 1 N–H and O–H groups in total. The van der Waals surface area contributed by atoms with Gasteiger partial charge in [-0.05, 0) is 43.2 Å². The Labute approximate surface area is 214 Å². The van der Waals surface area contributed by atoms with Crippen LogP contribution >= 0.6 is 0 Å². The Hall–Kier alpha value is -4.72. The highest BCUT2D eigenvalue weighted by atomic mass is 16.5. The average Bonchev–Trinajstić information content (AvgIpc) is 3.51. The molecule has 8 heteroatoms. The van der Waals surface area contributed by atoms with E-state index in [9.17, 15) is 4.79 Å². The van der Waals surface area contributed by atoms with E-state index in [4.69, 9.17) is 19.4 Å². The van der Waals surface area contributed by atoms with Gasteiger partial charge in [0, 0.05) is 23.7 Å². The van der Waals surface area contributed by atoms with Crippen LogP contribution in [0.2, 0.25) is 0 Å². The smallest absolute Gasteiger partial charge is 0.303 e. The standard InChI is InChI=1S/C29H26N4O4/c1-20-26(31-29(37-20)22-10-6-3-7-11-22)19-36-25-14-13-24(30-16-25)18-33-17-23(12-15-27(34)35)28(32-33)21-8-4-2-5-9-21/h2-11,13-14,16-17H,12,15,18-19H2,1H3,(H,34,35). The highest BCUT2D eigenvalue weighted by molar-refractivity contribution is 5.68. The minimum atomic E-state index is -0.832. The van der Waals surface area contributed by atoms with Gasteiger partial charge in [0.25, 0.3) is 0 Å². The van der Waals surface area contributed by atoms with E-state index < -0.39 is 5.97 Å². The predicted molar refractivity (Wildman–Crippen MR) is 138 cm³/mol. The molecule has 8 nitrogen and oxygen atoms in total. The van der Waals surface area contributed by atoms with Crippen molar-refractivity contribution >= 4 is 5.97 Å². The molecule has 0 saturated carbocycles. The maximum absolute atomic E-state index is 11.1. The number of carbonyl (C=O) groups is 1. The van der Waals surface area contributed by atoms with Crippen molar-refractivity contribution in [3.05, 3.63) is 108 Å². The number of aromatic nitrogens is 4. The van der Waals surface area contributed by atoms with E-state index >= 15 is 0 Å². The number of hydrogen-bond donors (Lipinski definition) is 1. The fraction of sp³-hybridized carbons (Fsp3) is 0.172. The molecular formula is C29H26N4O4. The Morgan fingerprint density at radius 1 is 1.00 bits per heavy atom. The summed E-state index contributed by atoms with van der Waals surface area (Å²) in [6.07, 6.45) is 4.03. The predicted octanol–water partition coefficient (Wildman–Crippen LogP) is 5.55. The number of nitrogens with zero attached hydrogens (tertiary/aromatic N) is 4. The van der Waals surface area contributed by atoms with Crippen molar-refractivity contribution in [2.75, 3.05) is 0 Å². The first-order valence-corrected chi connectivity index (χ1v) is 12.0. The Balaban J connectivity index is 1.25. The van der Waals surface area contributed by atoms with E-state index in [0.29, 0.717) is 24.6 Å². The summed E-state index contributed by atoms with van der Waals surface area (Å²) in [6, 6.07) is 23.3. The number of aliphatic carboxylic acids is 1. The second-order valence-electron chi connectivity index (χ2n) is 8.62. The molecule has 0 unspecified atom stereocenters. The highest BCUT2D eigenvalue weighted by Crippen LogP contribution is 2.25. The summed E-state index contributed by atoms with van der Waals surface area (Å²) in [6.45, 7) is 2.60. The van der Waals surface area contributed by atoms with Gasteiger partial charge in [-0.3, -0.25) is 14.5 Å². The summed E-state index contributed by atoms with van der Waals surface area (Å²) < 4.78 is 13.5. The van der Waals surface area contributed by atoms with E-state index in [1.807, 2.05) is 85.9 Å². The summed E-state index contributed by atoms with van der Waals surface area (Å²) in [7, 11) is 0. The van der Waals surface area contributed by atoms with Gasteiger partial charge in [-0.2, -0.15) is 5.10 Å². The molecule has 0 bridgehead atoms. The van der Waals surface area contributed by atoms with Gasteiger partial charge in [-0.25, -0.2) is 4.98 Å². The maximum Gasteiger partial charge on any atom is 0.303 e. The molecule has 37 heavy (non-hydrogen) atoms. The summed E-state index contributed by atoms with van der Waals surface area (Å²) >= 11 is 0. The second kappa shape index (κ2) is 10.9. The zero-order valence-electron chi connectivity index (χ0n) is 20.4. The minimum absolute atomic E-state index is 0.0493. The van der Waals surface area contributed by atoms with E-state index in [1.165, 1.54) is 0 Å². The van der Waals surface area contributed by atoms with Crippen LogP contribution in [0.5, 0.6) is 5.75 Å². The molecule has 0 fully saturated rings. The van der Waals surface area contributed by atoms with Crippen molar-refractivity contribution < 1.29 is 19.1 Å². The molecule has 5 aromatic rings. The fourth-order valence-electron chi connectivity index (χ4n) is 3.98. The lowest BCUT2D eigenvalue weighted by molar-refractivity contribution is -0.136. The SMILES string of the molecule is Cc1oc(-c2ccccc2)nc1COc1ccc(Cn2cc(CCC(=O)O)c(-c3ccccc3)n2)nc1. The van der Waals surface area contributed by atoms with Crippen molar-refractivity contribution in [2.24, 2.45) is 0 Å². The Morgan fingerprint density at radius 3 is 2.41 bits per heavy atom. The number of benzene rings is 2. The molecule has 186 valence electrons. The molecule has 3 aromatic heterocycles. The van der Waals surface area contributed by atoms with E-state index in [-0.39, 0.29) is 13.0 Å². The van der Waals surface area contributed by atoms with Crippen LogP contribution in [0.1, 0.15) is 29.1 Å². The highest BCUT2D eigenvalue weighted by Gasteiger charge is 2.14. The molecule has 0 aliphatic carbocycles. The largest absolute Gasteiger partial charge is 0.486 e. The van der Waals surface area contributed by atoms with Gasteiger partial charge in [0.15, 0.2) is 0 Å². The monoisotopic (exact) mass is 494 g/mol. The minimum Gasteiger partial charge on any atom is -0.486 e. The molecule has 0 atom stereocenters. The Bertz CT molecular complexity index is 1480. The molecular weight excluding hydrogens is 468 g/mol. The lowest BCUT2D eigenvalue weighted by Gasteiger charge is -2.06. The zero-order valence-corrected chi connectivity index (χ0v) is 20.4. The molecule has 5 rings (SSSR count). The average molecular weight is 495 g/mol. The molecule has 0 radical (unpaired) electrons. The van der Waals surface area contributed by atoms with Gasteiger partial charge in [0.05, 0.1) is 24.1 Å². The molecule has 0 aliphatic heterocycles. The maximum atomic E-state index is 11.1. The number of oxazole rings is 1. The van der Waals surface area contributed by atoms with Crippen LogP contribution in [-0.4, -0.2) is 30.8 Å². The van der Waals surface area contributed by atoms with E-state index in [2.05, 4.69) is 9.97 Å². The number of carboxylic acids is 1. The summed E-state index contributed by atoms with van der Waals surface area (Å²) in [5.41, 5.74) is 5.11. The lowest BCUT2D eigenvalue weighted by Crippen LogP contribution is -2.03. The van der Waals surface area contributed by atoms with Gasteiger partial charge in [-0.1, -0.05) is 48.5 Å². The number of hydrogen-bond acceptors (Lipinski definition) is 6. The van der Waals surface area contributed by atoms with Crippen LogP contribution in [0, 0.1) is 6.92 Å². The first-order chi connectivity index (χ1) is 18.0. The fourth-order valence-corrected chi connectivity index (χ4v) is 3.98. The number of carboxylic acid groups (broad SMARTS) is 1. The van der Waals surface area contributed by atoms with E-state index in [1.54, 1.807) is 10.9 Å². The first kappa shape index (κ1) is 24.0. The third-order valence-electron chi connectivity index (χ3n) is 5.90. The lowest BCUT2D eigenvalue weighted by atomic mass is 10.0. The Morgan fingerprint density at radius 2 is 1.73 bits per heavy atom. The zero-order chi connectivity index (χ0) is 25.6. The molecule has 0 spiro atoms. The molecule has 0 aliphatic rings. The Kier molecular flexibility index (Phi) is 7.07. The van der Waals surface area contributed by atoms with Crippen LogP contribution in [-0.2, 0) is 24.4 Å². The summed E-state index contributed by atoms with van der Waals surface area (Å²) in [4.78, 5) is 20.2. The van der Waals surface area contributed by atoms with Crippen molar-refractivity contribution in [1.82, 2.24) is 19.7 Å². The van der Waals surface area contributed by atoms with Gasteiger partial charge in [0.1, 0.15) is 23.8 Å². The summed E-state index contributed by atoms with van der Waals surface area (Å²) in [5, 5.41) is 13.9. The van der Waals surface area contributed by atoms with Gasteiger partial charge in [0.2, 0.25) is 5.89 Å².